The van der Waals surface area contributed by atoms with Gasteiger partial charge in [0.25, 0.3) is 11.8 Å². The molecule has 2 rings (SSSR count). The molecule has 41 heavy (non-hydrogen) atoms. The van der Waals surface area contributed by atoms with Gasteiger partial charge in [0.05, 0.1) is 11.3 Å². The Bertz CT molecular complexity index is 1090. The van der Waals surface area contributed by atoms with Gasteiger partial charge in [-0.1, -0.05) is 32.9 Å². The third kappa shape index (κ3) is 10.2. The van der Waals surface area contributed by atoms with Gasteiger partial charge in [-0.05, 0) is 49.3 Å². The summed E-state index contributed by atoms with van der Waals surface area (Å²) in [6.07, 6.45) is -1.23. The first-order valence-electron chi connectivity index (χ1n) is 13.6. The van der Waals surface area contributed by atoms with Gasteiger partial charge >= 0.3 is 0 Å². The zero-order valence-corrected chi connectivity index (χ0v) is 24.0. The molecule has 1 aromatic rings. The number of ether oxygens (including phenoxy) is 1. The molecule has 0 aromatic heterocycles. The van der Waals surface area contributed by atoms with Gasteiger partial charge in [-0.25, -0.2) is 5.53 Å². The van der Waals surface area contributed by atoms with Gasteiger partial charge in [-0.15, -0.1) is 0 Å². The Hall–Kier alpha value is -3.39. The molecule has 1 aliphatic rings. The highest BCUT2D eigenvalue weighted by atomic mass is 16.5. The van der Waals surface area contributed by atoms with Crippen LogP contribution in [0, 0.1) is 10.9 Å². The fourth-order valence-electron chi connectivity index (χ4n) is 4.34. The van der Waals surface area contributed by atoms with E-state index in [4.69, 9.17) is 10.3 Å². The van der Waals surface area contributed by atoms with Crippen molar-refractivity contribution >= 4 is 23.4 Å². The van der Waals surface area contributed by atoms with Crippen LogP contribution in [0.3, 0.4) is 0 Å². The van der Waals surface area contributed by atoms with E-state index in [2.05, 4.69) is 15.7 Å². The van der Waals surface area contributed by atoms with Crippen LogP contribution < -0.4 is 10.6 Å². The molecule has 1 heterocycles. The summed E-state index contributed by atoms with van der Waals surface area (Å²) in [7, 11) is 1.19. The number of aromatic hydroxyl groups is 1. The molecule has 5 atom stereocenters. The predicted molar refractivity (Wildman–Crippen MR) is 150 cm³/mol. The van der Waals surface area contributed by atoms with Gasteiger partial charge in [-0.2, -0.15) is 5.11 Å². The lowest BCUT2D eigenvalue weighted by Gasteiger charge is -2.29. The lowest BCUT2D eigenvalue weighted by molar-refractivity contribution is -0.151. The number of allylic oxidation sites excluding steroid dienone is 1. The third-order valence-electron chi connectivity index (χ3n) is 6.66. The largest absolute Gasteiger partial charge is 0.507 e. The molecule has 1 saturated heterocycles. The van der Waals surface area contributed by atoms with Crippen LogP contribution in [0.5, 0.6) is 5.75 Å². The molecule has 0 unspecified atom stereocenters. The molecule has 228 valence electrons. The fraction of sp³-hybridized carbons (Fsp3) is 0.607. The molecule has 1 aliphatic heterocycles. The van der Waals surface area contributed by atoms with Crippen LogP contribution in [0.4, 0.5) is 5.69 Å². The second-order valence-corrected chi connectivity index (χ2v) is 11.2. The Morgan fingerprint density at radius 1 is 1.22 bits per heavy atom. The first kappa shape index (κ1) is 33.8. The lowest BCUT2D eigenvalue weighted by atomic mass is 9.94. The zero-order valence-electron chi connectivity index (χ0n) is 24.0. The predicted octanol–water partition coefficient (Wildman–Crippen LogP) is 1.37. The summed E-state index contributed by atoms with van der Waals surface area (Å²) in [5.41, 5.74) is 7.00. The minimum Gasteiger partial charge on any atom is -0.507 e. The summed E-state index contributed by atoms with van der Waals surface area (Å²) in [6.45, 7) is 6.68. The van der Waals surface area contributed by atoms with Crippen molar-refractivity contribution in [1.82, 2.24) is 15.5 Å². The Balaban J connectivity index is 1.94. The Labute approximate surface area is 240 Å². The van der Waals surface area contributed by atoms with E-state index in [0.717, 1.165) is 0 Å². The van der Waals surface area contributed by atoms with Crippen molar-refractivity contribution in [1.29, 1.82) is 5.53 Å². The second kappa shape index (κ2) is 15.6. The average Bonchev–Trinajstić information content (AvgIpc) is 3.10. The number of nitrogens with zero attached hydrogens (tertiary/aromatic N) is 2. The van der Waals surface area contributed by atoms with Crippen LogP contribution in [0.1, 0.15) is 56.8 Å². The zero-order chi connectivity index (χ0) is 30.7. The SMILES string of the molecule is CO[C@@H](C(=O)N[C@H]1CCCCN(CCCNC(=O)c2cc(N=N)ccc2O)C1=O)[C@H](O)[C@@H](O)[C@H](O)/C=C/C(C)(C)C. The van der Waals surface area contributed by atoms with Crippen molar-refractivity contribution in [3.05, 3.63) is 35.9 Å². The van der Waals surface area contributed by atoms with Crippen LogP contribution in [-0.4, -0.2) is 100 Å². The molecule has 13 nitrogen and oxygen atoms in total. The smallest absolute Gasteiger partial charge is 0.255 e. The van der Waals surface area contributed by atoms with E-state index in [1.54, 1.807) is 11.0 Å². The molecular weight excluding hydrogens is 534 g/mol. The molecule has 0 spiro atoms. The number of benzene rings is 1. The summed E-state index contributed by atoms with van der Waals surface area (Å²) in [4.78, 5) is 40.2. The maximum atomic E-state index is 13.2. The number of rotatable bonds is 13. The number of phenolic OH excluding ortho intramolecular Hbond substituents is 1. The number of amides is 3. The van der Waals surface area contributed by atoms with Gasteiger partial charge in [0.1, 0.15) is 30.1 Å². The summed E-state index contributed by atoms with van der Waals surface area (Å²) < 4.78 is 5.13. The second-order valence-electron chi connectivity index (χ2n) is 11.2. The summed E-state index contributed by atoms with van der Waals surface area (Å²) in [5, 5.41) is 49.7. The Morgan fingerprint density at radius 2 is 1.93 bits per heavy atom. The lowest BCUT2D eigenvalue weighted by Crippen LogP contribution is -2.56. The van der Waals surface area contributed by atoms with E-state index in [1.807, 2.05) is 20.8 Å². The van der Waals surface area contributed by atoms with Gasteiger partial charge in [0.2, 0.25) is 5.91 Å². The minimum atomic E-state index is -1.75. The fourth-order valence-corrected chi connectivity index (χ4v) is 4.34. The number of carbonyl (C=O) groups excluding carboxylic acids is 3. The van der Waals surface area contributed by atoms with Gasteiger partial charge in [0.15, 0.2) is 6.10 Å². The maximum Gasteiger partial charge on any atom is 0.255 e. The average molecular weight is 578 g/mol. The topological polar surface area (TPSA) is 205 Å². The number of hydrogen-bond donors (Lipinski definition) is 7. The molecule has 0 saturated carbocycles. The van der Waals surface area contributed by atoms with Crippen molar-refractivity contribution in [2.75, 3.05) is 26.7 Å². The van der Waals surface area contributed by atoms with Gasteiger partial charge in [0, 0.05) is 26.7 Å². The highest BCUT2D eigenvalue weighted by Crippen LogP contribution is 2.23. The number of likely N-dealkylation sites (tertiary alicyclic amines) is 1. The Kier molecular flexibility index (Phi) is 12.8. The van der Waals surface area contributed by atoms with E-state index in [-0.39, 0.29) is 34.9 Å². The minimum absolute atomic E-state index is 0.00938. The molecule has 1 fully saturated rings. The van der Waals surface area contributed by atoms with E-state index in [9.17, 15) is 34.8 Å². The van der Waals surface area contributed by atoms with Crippen molar-refractivity contribution < 1.29 is 39.5 Å². The van der Waals surface area contributed by atoms with E-state index >= 15 is 0 Å². The van der Waals surface area contributed by atoms with Crippen LogP contribution in [0.25, 0.3) is 0 Å². The van der Waals surface area contributed by atoms with Crippen molar-refractivity contribution in [3.8, 4) is 5.75 Å². The number of hydrogen-bond acceptors (Lipinski definition) is 10. The number of aliphatic hydroxyl groups is 3. The summed E-state index contributed by atoms with van der Waals surface area (Å²) >= 11 is 0. The number of carbonyl (C=O) groups is 3. The Morgan fingerprint density at radius 3 is 2.56 bits per heavy atom. The standard InChI is InChI=1S/C28H43N5O8/c1-28(2,3)12-11-21(35)22(36)23(37)24(41-4)26(39)31-19-8-5-6-14-33(27(19)40)15-7-13-30-25(38)18-16-17(32-29)9-10-20(18)34/h9-12,16,19,21-24,29,34-37H,5-8,13-15H2,1-4H3,(H,30,38)(H,31,39)/b12-11+,32-29?/t19-,21+,22-,23+,24+/m0/s1. The monoisotopic (exact) mass is 577 g/mol. The highest BCUT2D eigenvalue weighted by molar-refractivity contribution is 5.97. The highest BCUT2D eigenvalue weighted by Gasteiger charge is 2.37. The van der Waals surface area contributed by atoms with Crippen molar-refractivity contribution in [3.63, 3.8) is 0 Å². The van der Waals surface area contributed by atoms with Crippen LogP contribution in [-0.2, 0) is 14.3 Å². The third-order valence-corrected chi connectivity index (χ3v) is 6.66. The van der Waals surface area contributed by atoms with Gasteiger partial charge in [-0.3, -0.25) is 14.4 Å². The number of phenols is 1. The molecule has 0 aliphatic carbocycles. The van der Waals surface area contributed by atoms with E-state index in [0.29, 0.717) is 38.8 Å². The molecule has 7 N–H and O–H groups in total. The maximum absolute atomic E-state index is 13.2. The molecule has 3 amide bonds. The molecular formula is C28H43N5O8. The number of aliphatic hydroxyl groups excluding tert-OH is 3. The number of methoxy groups -OCH3 is 1. The normalized spacial score (nSPS) is 19.2. The van der Waals surface area contributed by atoms with Crippen molar-refractivity contribution in [2.24, 2.45) is 10.5 Å². The van der Waals surface area contributed by atoms with Crippen LogP contribution in [0.15, 0.2) is 35.5 Å². The summed E-state index contributed by atoms with van der Waals surface area (Å²) in [6, 6.07) is 3.12. The molecule has 0 radical (unpaired) electrons. The quantitative estimate of drug-likeness (QED) is 0.103. The van der Waals surface area contributed by atoms with E-state index < -0.39 is 42.3 Å². The van der Waals surface area contributed by atoms with Gasteiger partial charge < -0.3 is 40.7 Å². The van der Waals surface area contributed by atoms with Crippen LogP contribution in [0.2, 0.25) is 0 Å². The number of nitrogens with one attached hydrogen (secondary N) is 3. The van der Waals surface area contributed by atoms with E-state index in [1.165, 1.54) is 31.4 Å². The molecule has 1 aromatic carbocycles. The first-order valence-corrected chi connectivity index (χ1v) is 13.6. The summed E-state index contributed by atoms with van der Waals surface area (Å²) in [5.74, 6) is -1.88. The van der Waals surface area contributed by atoms with Crippen molar-refractivity contribution in [2.45, 2.75) is 76.9 Å². The first-order chi connectivity index (χ1) is 19.3. The molecule has 13 heteroatoms. The van der Waals surface area contributed by atoms with Crippen LogP contribution >= 0.6 is 0 Å². The molecule has 0 bridgehead atoms.